The van der Waals surface area contributed by atoms with Gasteiger partial charge in [0.05, 0.1) is 12.6 Å². The smallest absolute Gasteiger partial charge is 0.270 e. The number of amides is 1. The third kappa shape index (κ3) is 3.17. The minimum Gasteiger partial charge on any atom is -0.379 e. The summed E-state index contributed by atoms with van der Waals surface area (Å²) in [4.78, 5) is 16.0. The van der Waals surface area contributed by atoms with E-state index in [-0.39, 0.29) is 11.9 Å². The van der Waals surface area contributed by atoms with E-state index < -0.39 is 0 Å². The van der Waals surface area contributed by atoms with Crippen LogP contribution < -0.4 is 5.32 Å². The Morgan fingerprint density at radius 2 is 2.41 bits per heavy atom. The van der Waals surface area contributed by atoms with Crippen molar-refractivity contribution in [2.24, 2.45) is 0 Å². The zero-order valence-electron chi connectivity index (χ0n) is 9.70. The second kappa shape index (κ2) is 5.47. The van der Waals surface area contributed by atoms with Crippen molar-refractivity contribution < 1.29 is 9.53 Å². The van der Waals surface area contributed by atoms with Gasteiger partial charge in [-0.1, -0.05) is 17.7 Å². The molecule has 17 heavy (non-hydrogen) atoms. The number of carbonyl (C=O) groups excluding carboxylic acids is 1. The highest BCUT2D eigenvalue weighted by atomic mass is 35.5. The standard InChI is InChI=1S/C12H15ClN2O2/c1-8-4-5-10(13)15-11(8)12(16)14-9-3-2-6-17-7-9/h4-5,9H,2-3,6-7H2,1H3,(H,14,16)/t9-/m1/s1. The molecule has 1 aromatic rings. The van der Waals surface area contributed by atoms with Crippen LogP contribution in [-0.2, 0) is 4.74 Å². The number of hydrogen-bond donors (Lipinski definition) is 1. The van der Waals surface area contributed by atoms with E-state index in [9.17, 15) is 4.79 Å². The van der Waals surface area contributed by atoms with E-state index in [0.29, 0.717) is 17.5 Å². The quantitative estimate of drug-likeness (QED) is 0.821. The fraction of sp³-hybridized carbons (Fsp3) is 0.500. The molecular weight excluding hydrogens is 240 g/mol. The molecule has 92 valence electrons. The van der Waals surface area contributed by atoms with Crippen molar-refractivity contribution in [3.05, 3.63) is 28.5 Å². The average Bonchev–Trinajstić information content (AvgIpc) is 2.33. The van der Waals surface area contributed by atoms with Crippen LogP contribution in [0.3, 0.4) is 0 Å². The first kappa shape index (κ1) is 12.3. The van der Waals surface area contributed by atoms with Gasteiger partial charge in [0, 0.05) is 6.61 Å². The van der Waals surface area contributed by atoms with E-state index in [1.807, 2.05) is 6.92 Å². The molecule has 1 fully saturated rings. The van der Waals surface area contributed by atoms with Gasteiger partial charge in [-0.3, -0.25) is 4.79 Å². The zero-order chi connectivity index (χ0) is 12.3. The fourth-order valence-electron chi connectivity index (χ4n) is 1.84. The maximum absolute atomic E-state index is 12.0. The molecule has 0 saturated carbocycles. The van der Waals surface area contributed by atoms with Crippen molar-refractivity contribution in [1.29, 1.82) is 0 Å². The molecule has 0 aliphatic carbocycles. The molecule has 1 N–H and O–H groups in total. The second-order valence-electron chi connectivity index (χ2n) is 4.19. The molecule has 4 nitrogen and oxygen atoms in total. The number of hydrogen-bond acceptors (Lipinski definition) is 3. The molecule has 2 rings (SSSR count). The topological polar surface area (TPSA) is 51.2 Å². The van der Waals surface area contributed by atoms with E-state index in [1.54, 1.807) is 12.1 Å². The molecule has 0 aromatic carbocycles. The van der Waals surface area contributed by atoms with Gasteiger partial charge < -0.3 is 10.1 Å². The largest absolute Gasteiger partial charge is 0.379 e. The molecule has 2 heterocycles. The minimum absolute atomic E-state index is 0.0800. The summed E-state index contributed by atoms with van der Waals surface area (Å²) in [5.41, 5.74) is 1.21. The lowest BCUT2D eigenvalue weighted by Gasteiger charge is -2.23. The van der Waals surface area contributed by atoms with Crippen molar-refractivity contribution in [2.75, 3.05) is 13.2 Å². The molecule has 1 saturated heterocycles. The van der Waals surface area contributed by atoms with Crippen LogP contribution in [0.15, 0.2) is 12.1 Å². The van der Waals surface area contributed by atoms with Crippen molar-refractivity contribution in [2.45, 2.75) is 25.8 Å². The number of ether oxygens (including phenoxy) is 1. The number of pyridine rings is 1. The highest BCUT2D eigenvalue weighted by Crippen LogP contribution is 2.12. The van der Waals surface area contributed by atoms with Crippen molar-refractivity contribution >= 4 is 17.5 Å². The maximum Gasteiger partial charge on any atom is 0.270 e. The van der Waals surface area contributed by atoms with E-state index in [1.165, 1.54) is 0 Å². The van der Waals surface area contributed by atoms with Gasteiger partial charge in [0.1, 0.15) is 10.8 Å². The first-order valence-corrected chi connectivity index (χ1v) is 6.06. The van der Waals surface area contributed by atoms with Crippen LogP contribution in [0.25, 0.3) is 0 Å². The molecule has 5 heteroatoms. The SMILES string of the molecule is Cc1ccc(Cl)nc1C(=O)N[C@@H]1CCCOC1. The monoisotopic (exact) mass is 254 g/mol. The highest BCUT2D eigenvalue weighted by Gasteiger charge is 2.19. The van der Waals surface area contributed by atoms with Crippen molar-refractivity contribution in [1.82, 2.24) is 10.3 Å². The van der Waals surface area contributed by atoms with Crippen LogP contribution in [0, 0.1) is 6.92 Å². The van der Waals surface area contributed by atoms with Gasteiger partial charge in [0.2, 0.25) is 0 Å². The highest BCUT2D eigenvalue weighted by molar-refractivity contribution is 6.29. The number of nitrogens with one attached hydrogen (secondary N) is 1. The molecule has 1 amide bonds. The number of carbonyl (C=O) groups is 1. The van der Waals surface area contributed by atoms with E-state index >= 15 is 0 Å². The predicted octanol–water partition coefficient (Wildman–Crippen LogP) is 1.95. The van der Waals surface area contributed by atoms with Gasteiger partial charge in [-0.2, -0.15) is 0 Å². The average molecular weight is 255 g/mol. The summed E-state index contributed by atoms with van der Waals surface area (Å²) in [6.45, 7) is 3.20. The number of nitrogens with zero attached hydrogens (tertiary/aromatic N) is 1. The van der Waals surface area contributed by atoms with Crippen LogP contribution in [0.2, 0.25) is 5.15 Å². The molecule has 1 aliphatic rings. The summed E-state index contributed by atoms with van der Waals surface area (Å²) in [7, 11) is 0. The Balaban J connectivity index is 2.05. The van der Waals surface area contributed by atoms with Crippen molar-refractivity contribution in [3.8, 4) is 0 Å². The minimum atomic E-state index is -0.180. The maximum atomic E-state index is 12.0. The molecule has 0 bridgehead atoms. The van der Waals surface area contributed by atoms with Crippen LogP contribution in [0.5, 0.6) is 0 Å². The van der Waals surface area contributed by atoms with Gasteiger partial charge in [-0.15, -0.1) is 0 Å². The second-order valence-corrected chi connectivity index (χ2v) is 4.57. The molecule has 0 unspecified atom stereocenters. The van der Waals surface area contributed by atoms with Gasteiger partial charge in [0.15, 0.2) is 0 Å². The molecule has 1 atom stereocenters. The summed E-state index contributed by atoms with van der Waals surface area (Å²) in [6, 6.07) is 3.55. The fourth-order valence-corrected chi connectivity index (χ4v) is 1.99. The summed E-state index contributed by atoms with van der Waals surface area (Å²) in [5.74, 6) is -0.180. The third-order valence-corrected chi connectivity index (χ3v) is 2.98. The Hall–Kier alpha value is -1.13. The van der Waals surface area contributed by atoms with Crippen LogP contribution in [-0.4, -0.2) is 30.1 Å². The van der Waals surface area contributed by atoms with Crippen LogP contribution in [0.1, 0.15) is 28.9 Å². The number of aryl methyl sites for hydroxylation is 1. The lowest BCUT2D eigenvalue weighted by molar-refractivity contribution is 0.0621. The Morgan fingerprint density at radius 1 is 1.59 bits per heavy atom. The normalized spacial score (nSPS) is 20.0. The molecule has 1 aromatic heterocycles. The van der Waals surface area contributed by atoms with Gasteiger partial charge in [0.25, 0.3) is 5.91 Å². The van der Waals surface area contributed by atoms with Crippen molar-refractivity contribution in [3.63, 3.8) is 0 Å². The number of halogens is 1. The van der Waals surface area contributed by atoms with E-state index in [4.69, 9.17) is 16.3 Å². The Kier molecular flexibility index (Phi) is 3.97. The molecule has 0 radical (unpaired) electrons. The predicted molar refractivity (Wildman–Crippen MR) is 65.3 cm³/mol. The Labute approximate surface area is 105 Å². The first-order valence-electron chi connectivity index (χ1n) is 5.68. The number of aromatic nitrogens is 1. The lowest BCUT2D eigenvalue weighted by Crippen LogP contribution is -2.41. The molecule has 0 spiro atoms. The number of rotatable bonds is 2. The first-order chi connectivity index (χ1) is 8.16. The van der Waals surface area contributed by atoms with Gasteiger partial charge in [-0.05, 0) is 31.4 Å². The Morgan fingerprint density at radius 3 is 3.12 bits per heavy atom. The van der Waals surface area contributed by atoms with E-state index in [2.05, 4.69) is 10.3 Å². The third-order valence-electron chi connectivity index (χ3n) is 2.77. The van der Waals surface area contributed by atoms with E-state index in [0.717, 1.165) is 25.0 Å². The summed E-state index contributed by atoms with van der Waals surface area (Å²) in [6.07, 6.45) is 1.93. The molecular formula is C12H15ClN2O2. The zero-order valence-corrected chi connectivity index (χ0v) is 10.5. The van der Waals surface area contributed by atoms with Crippen LogP contribution in [0.4, 0.5) is 0 Å². The van der Waals surface area contributed by atoms with Gasteiger partial charge >= 0.3 is 0 Å². The summed E-state index contributed by atoms with van der Waals surface area (Å²) < 4.78 is 5.31. The van der Waals surface area contributed by atoms with Crippen LogP contribution >= 0.6 is 11.6 Å². The Bertz CT molecular complexity index is 417. The molecule has 1 aliphatic heterocycles. The summed E-state index contributed by atoms with van der Waals surface area (Å²) in [5, 5.41) is 3.25. The lowest BCUT2D eigenvalue weighted by atomic mass is 10.1. The summed E-state index contributed by atoms with van der Waals surface area (Å²) >= 11 is 5.79. The van der Waals surface area contributed by atoms with Gasteiger partial charge in [-0.25, -0.2) is 4.98 Å².